The number of nitrogens with zero attached hydrogens (tertiary/aromatic N) is 1. The molecular formula is C17H21FN4O4. The first kappa shape index (κ1) is 18.1. The number of carbonyl (C=O) groups is 3. The van der Waals surface area contributed by atoms with E-state index in [9.17, 15) is 23.9 Å². The van der Waals surface area contributed by atoms with Crippen LogP contribution in [0.25, 0.3) is 0 Å². The molecule has 2 aliphatic rings. The Labute approximate surface area is 149 Å². The lowest BCUT2D eigenvalue weighted by molar-refractivity contribution is -0.149. The monoisotopic (exact) mass is 364 g/mol. The van der Waals surface area contributed by atoms with Crippen molar-refractivity contribution in [3.05, 3.63) is 29.6 Å². The summed E-state index contributed by atoms with van der Waals surface area (Å²) in [6.07, 6.45) is -0.724. The highest BCUT2D eigenvalue weighted by atomic mass is 19.1. The van der Waals surface area contributed by atoms with Crippen LogP contribution in [0.2, 0.25) is 0 Å². The zero-order valence-electron chi connectivity index (χ0n) is 14.5. The van der Waals surface area contributed by atoms with Crippen LogP contribution in [0.1, 0.15) is 18.9 Å². The minimum absolute atomic E-state index is 0.176. The molecule has 1 aromatic carbocycles. The number of piperazine rings is 1. The molecule has 0 aliphatic carbocycles. The van der Waals surface area contributed by atoms with Gasteiger partial charge in [-0.25, -0.2) is 9.18 Å². The Bertz CT molecular complexity index is 754. The first-order valence-corrected chi connectivity index (χ1v) is 8.39. The largest absolute Gasteiger partial charge is 0.391 e. The molecule has 8 nitrogen and oxygen atoms in total. The second-order valence-corrected chi connectivity index (χ2v) is 6.72. The van der Waals surface area contributed by atoms with Gasteiger partial charge in [-0.3, -0.25) is 9.59 Å². The fourth-order valence-electron chi connectivity index (χ4n) is 3.32. The summed E-state index contributed by atoms with van der Waals surface area (Å²) in [4.78, 5) is 38.1. The zero-order chi connectivity index (χ0) is 19.0. The van der Waals surface area contributed by atoms with Gasteiger partial charge in [0, 0.05) is 12.2 Å². The van der Waals surface area contributed by atoms with Gasteiger partial charge in [-0.15, -0.1) is 0 Å². The van der Waals surface area contributed by atoms with Crippen LogP contribution in [0.5, 0.6) is 0 Å². The second-order valence-electron chi connectivity index (χ2n) is 6.72. The second kappa shape index (κ2) is 6.91. The molecule has 1 aromatic rings. The average molecular weight is 364 g/mol. The number of rotatable bonds is 3. The molecule has 2 heterocycles. The van der Waals surface area contributed by atoms with Gasteiger partial charge in [-0.05, 0) is 38.0 Å². The highest BCUT2D eigenvalue weighted by Gasteiger charge is 2.47. The van der Waals surface area contributed by atoms with E-state index in [0.29, 0.717) is 11.3 Å². The van der Waals surface area contributed by atoms with Gasteiger partial charge in [0.05, 0.1) is 12.1 Å². The summed E-state index contributed by atoms with van der Waals surface area (Å²) in [5.41, 5.74) is 1.06. The van der Waals surface area contributed by atoms with Gasteiger partial charge in [-0.2, -0.15) is 0 Å². The van der Waals surface area contributed by atoms with Gasteiger partial charge in [0.15, 0.2) is 0 Å². The number of aliphatic hydroxyl groups excluding tert-OH is 1. The first-order chi connectivity index (χ1) is 12.3. The molecule has 2 aliphatic heterocycles. The van der Waals surface area contributed by atoms with E-state index in [-0.39, 0.29) is 24.8 Å². The number of carbonyl (C=O) groups excluding carboxylic acids is 3. The molecule has 0 bridgehead atoms. The third-order valence-electron chi connectivity index (χ3n) is 4.72. The van der Waals surface area contributed by atoms with Crippen LogP contribution in [0.15, 0.2) is 18.2 Å². The van der Waals surface area contributed by atoms with E-state index in [4.69, 9.17) is 0 Å². The number of aliphatic hydroxyl groups is 1. The Balaban J connectivity index is 1.64. The van der Waals surface area contributed by atoms with Gasteiger partial charge in [-0.1, -0.05) is 6.07 Å². The number of urea groups is 1. The Hall–Kier alpha value is -2.68. The van der Waals surface area contributed by atoms with Crippen molar-refractivity contribution in [2.24, 2.45) is 0 Å². The summed E-state index contributed by atoms with van der Waals surface area (Å²) < 4.78 is 13.3. The SMILES string of the molecule is Cc1ccc(F)cc1NC(=O)N[C@H]1C[C@H]2C(=O)N[C@H]([C@H](C)O)C(=O)N2C1. The van der Waals surface area contributed by atoms with Gasteiger partial charge in [0.25, 0.3) is 0 Å². The van der Waals surface area contributed by atoms with Gasteiger partial charge in [0.1, 0.15) is 17.9 Å². The molecule has 2 saturated heterocycles. The number of anilines is 1. The minimum atomic E-state index is -1.00. The maximum atomic E-state index is 13.3. The average Bonchev–Trinajstić information content (AvgIpc) is 2.98. The first-order valence-electron chi connectivity index (χ1n) is 8.39. The molecule has 4 atom stereocenters. The van der Waals surface area contributed by atoms with Crippen molar-refractivity contribution in [2.75, 3.05) is 11.9 Å². The lowest BCUT2D eigenvalue weighted by atomic mass is 10.0. The number of hydrogen-bond donors (Lipinski definition) is 4. The van der Waals surface area contributed by atoms with E-state index in [1.807, 2.05) is 0 Å². The summed E-state index contributed by atoms with van der Waals surface area (Å²) in [6.45, 7) is 3.35. The normalized spacial score (nSPS) is 26.2. The van der Waals surface area contributed by atoms with Crippen molar-refractivity contribution in [1.82, 2.24) is 15.5 Å². The number of fused-ring (bicyclic) bond motifs is 1. The van der Waals surface area contributed by atoms with Crippen molar-refractivity contribution in [3.8, 4) is 0 Å². The summed E-state index contributed by atoms with van der Waals surface area (Å²) >= 11 is 0. The number of aryl methyl sites for hydroxylation is 1. The molecule has 3 rings (SSSR count). The summed E-state index contributed by atoms with van der Waals surface area (Å²) in [5, 5.41) is 17.4. The molecular weight excluding hydrogens is 343 g/mol. The van der Waals surface area contributed by atoms with Gasteiger partial charge < -0.3 is 26.0 Å². The maximum Gasteiger partial charge on any atom is 0.319 e. The molecule has 0 saturated carbocycles. The third kappa shape index (κ3) is 3.48. The van der Waals surface area contributed by atoms with E-state index >= 15 is 0 Å². The zero-order valence-corrected chi connectivity index (χ0v) is 14.5. The van der Waals surface area contributed by atoms with Crippen molar-refractivity contribution >= 4 is 23.5 Å². The Kier molecular flexibility index (Phi) is 4.82. The fraction of sp³-hybridized carbons (Fsp3) is 0.471. The smallest absolute Gasteiger partial charge is 0.319 e. The van der Waals surface area contributed by atoms with Crippen LogP contribution in [0.3, 0.4) is 0 Å². The Morgan fingerprint density at radius 1 is 1.42 bits per heavy atom. The molecule has 0 spiro atoms. The van der Waals surface area contributed by atoms with E-state index in [1.165, 1.54) is 24.0 Å². The molecule has 0 radical (unpaired) electrons. The topological polar surface area (TPSA) is 111 Å². The predicted octanol–water partition coefficient (Wildman–Crippen LogP) is 0.104. The maximum absolute atomic E-state index is 13.3. The molecule has 4 N–H and O–H groups in total. The molecule has 140 valence electrons. The molecule has 4 amide bonds. The third-order valence-corrected chi connectivity index (χ3v) is 4.72. The van der Waals surface area contributed by atoms with Crippen LogP contribution in [-0.2, 0) is 9.59 Å². The van der Waals surface area contributed by atoms with E-state index in [0.717, 1.165) is 0 Å². The molecule has 26 heavy (non-hydrogen) atoms. The molecule has 0 unspecified atom stereocenters. The van der Waals surface area contributed by atoms with Crippen LogP contribution in [-0.4, -0.2) is 58.6 Å². The predicted molar refractivity (Wildman–Crippen MR) is 90.8 cm³/mol. The Morgan fingerprint density at radius 2 is 2.15 bits per heavy atom. The standard InChI is InChI=1S/C17H21FN4O4/c1-8-3-4-10(18)5-12(8)20-17(26)19-11-6-13-15(24)21-14(9(2)23)16(25)22(13)7-11/h3-5,9,11,13-14,23H,6-7H2,1-2H3,(H,21,24)(H2,19,20,26)/t9-,11-,13-,14+/m0/s1. The molecule has 0 aromatic heterocycles. The highest BCUT2D eigenvalue weighted by molar-refractivity contribution is 5.98. The fourth-order valence-corrected chi connectivity index (χ4v) is 3.32. The van der Waals surface area contributed by atoms with Crippen LogP contribution < -0.4 is 16.0 Å². The van der Waals surface area contributed by atoms with Gasteiger partial charge in [0.2, 0.25) is 11.8 Å². The van der Waals surface area contributed by atoms with E-state index < -0.39 is 36.1 Å². The summed E-state index contributed by atoms with van der Waals surface area (Å²) in [6, 6.07) is 1.48. The van der Waals surface area contributed by atoms with E-state index in [1.54, 1.807) is 13.0 Å². The quantitative estimate of drug-likeness (QED) is 0.610. The van der Waals surface area contributed by atoms with Crippen LogP contribution >= 0.6 is 0 Å². The number of hydrogen-bond acceptors (Lipinski definition) is 4. The van der Waals surface area contributed by atoms with Crippen molar-refractivity contribution in [2.45, 2.75) is 44.5 Å². The lowest BCUT2D eigenvalue weighted by Crippen LogP contribution is -2.64. The molecule has 2 fully saturated rings. The van der Waals surface area contributed by atoms with Crippen LogP contribution in [0, 0.1) is 12.7 Å². The number of benzene rings is 1. The lowest BCUT2D eigenvalue weighted by Gasteiger charge is -2.35. The summed E-state index contributed by atoms with van der Waals surface area (Å²) in [5.74, 6) is -1.17. The number of halogens is 1. The van der Waals surface area contributed by atoms with Crippen molar-refractivity contribution < 1.29 is 23.9 Å². The van der Waals surface area contributed by atoms with E-state index in [2.05, 4.69) is 16.0 Å². The molecule has 9 heteroatoms. The van der Waals surface area contributed by atoms with Crippen molar-refractivity contribution in [3.63, 3.8) is 0 Å². The Morgan fingerprint density at radius 3 is 2.85 bits per heavy atom. The van der Waals surface area contributed by atoms with Gasteiger partial charge >= 0.3 is 6.03 Å². The van der Waals surface area contributed by atoms with Crippen LogP contribution in [0.4, 0.5) is 14.9 Å². The minimum Gasteiger partial charge on any atom is -0.391 e. The number of amides is 4. The summed E-state index contributed by atoms with van der Waals surface area (Å²) in [7, 11) is 0. The van der Waals surface area contributed by atoms with Crippen molar-refractivity contribution in [1.29, 1.82) is 0 Å². The highest BCUT2D eigenvalue weighted by Crippen LogP contribution is 2.24. The number of nitrogens with one attached hydrogen (secondary N) is 3.